The molecule has 2 rings (SSSR count). The largest absolute Gasteiger partial charge is 0.382 e. The molecule has 2 aliphatic rings. The van der Waals surface area contributed by atoms with E-state index < -0.39 is 6.04 Å². The maximum absolute atomic E-state index is 12.3. The zero-order valence-electron chi connectivity index (χ0n) is 11.6. The fourth-order valence-electron chi connectivity index (χ4n) is 2.31. The lowest BCUT2D eigenvalue weighted by Gasteiger charge is -2.37. The Morgan fingerprint density at radius 2 is 2.00 bits per heavy atom. The molecule has 1 heterocycles. The summed E-state index contributed by atoms with van der Waals surface area (Å²) >= 11 is 0. The van der Waals surface area contributed by atoms with Crippen molar-refractivity contribution in [2.75, 3.05) is 33.5 Å². The molecule has 19 heavy (non-hydrogen) atoms. The standard InChI is InChI=1S/C13H22N2O4/c1-9-12(16)14-11(10-3-4-10)13(17)15(9)5-6-19-8-7-18-2/h9-11H,3-8H2,1-2H3,(H,14,16). The summed E-state index contributed by atoms with van der Waals surface area (Å²) in [7, 11) is 1.62. The van der Waals surface area contributed by atoms with Gasteiger partial charge in [-0.15, -0.1) is 0 Å². The van der Waals surface area contributed by atoms with Crippen molar-refractivity contribution in [1.82, 2.24) is 10.2 Å². The van der Waals surface area contributed by atoms with E-state index in [9.17, 15) is 9.59 Å². The molecule has 1 aliphatic heterocycles. The van der Waals surface area contributed by atoms with Crippen LogP contribution in [0.15, 0.2) is 0 Å². The van der Waals surface area contributed by atoms with Gasteiger partial charge in [-0.2, -0.15) is 0 Å². The van der Waals surface area contributed by atoms with E-state index in [1.807, 2.05) is 0 Å². The van der Waals surface area contributed by atoms with E-state index in [0.29, 0.717) is 32.3 Å². The molecule has 0 bridgehead atoms. The predicted octanol–water partition coefficient (Wildman–Crippen LogP) is -0.225. The van der Waals surface area contributed by atoms with E-state index in [2.05, 4.69) is 5.32 Å². The lowest BCUT2D eigenvalue weighted by atomic mass is 10.0. The van der Waals surface area contributed by atoms with Crippen molar-refractivity contribution >= 4 is 11.8 Å². The Balaban J connectivity index is 1.84. The van der Waals surface area contributed by atoms with Crippen LogP contribution in [0.3, 0.4) is 0 Å². The summed E-state index contributed by atoms with van der Waals surface area (Å²) in [6.45, 7) is 3.69. The van der Waals surface area contributed by atoms with Gasteiger partial charge in [0.2, 0.25) is 11.8 Å². The van der Waals surface area contributed by atoms with Crippen molar-refractivity contribution in [3.05, 3.63) is 0 Å². The van der Waals surface area contributed by atoms with Crippen molar-refractivity contribution in [3.8, 4) is 0 Å². The third kappa shape index (κ3) is 3.45. The van der Waals surface area contributed by atoms with Gasteiger partial charge in [0, 0.05) is 13.7 Å². The minimum absolute atomic E-state index is 0.0324. The molecule has 1 aliphatic carbocycles. The van der Waals surface area contributed by atoms with Gasteiger partial charge in [-0.3, -0.25) is 9.59 Å². The van der Waals surface area contributed by atoms with Crippen molar-refractivity contribution in [3.63, 3.8) is 0 Å². The zero-order valence-corrected chi connectivity index (χ0v) is 11.6. The van der Waals surface area contributed by atoms with Crippen LogP contribution in [-0.4, -0.2) is 62.3 Å². The highest BCUT2D eigenvalue weighted by molar-refractivity contribution is 5.97. The lowest BCUT2D eigenvalue weighted by Crippen LogP contribution is -2.63. The second-order valence-electron chi connectivity index (χ2n) is 5.14. The first-order chi connectivity index (χ1) is 9.15. The molecular formula is C13H22N2O4. The minimum atomic E-state index is -0.409. The van der Waals surface area contributed by atoms with Crippen LogP contribution in [0.5, 0.6) is 0 Å². The number of nitrogens with one attached hydrogen (secondary N) is 1. The van der Waals surface area contributed by atoms with Crippen molar-refractivity contribution in [2.45, 2.75) is 31.8 Å². The molecule has 2 atom stereocenters. The first-order valence-electron chi connectivity index (χ1n) is 6.82. The van der Waals surface area contributed by atoms with Crippen LogP contribution in [0.1, 0.15) is 19.8 Å². The Morgan fingerprint density at radius 1 is 1.26 bits per heavy atom. The van der Waals surface area contributed by atoms with Gasteiger partial charge >= 0.3 is 0 Å². The third-order valence-corrected chi connectivity index (χ3v) is 3.70. The second kappa shape index (κ2) is 6.34. The average Bonchev–Trinajstić information content (AvgIpc) is 3.21. The molecule has 1 N–H and O–H groups in total. The molecule has 0 aromatic rings. The fraction of sp³-hybridized carbons (Fsp3) is 0.846. The van der Waals surface area contributed by atoms with Gasteiger partial charge in [-0.25, -0.2) is 0 Å². The normalized spacial score (nSPS) is 27.6. The van der Waals surface area contributed by atoms with Crippen molar-refractivity contribution in [1.29, 1.82) is 0 Å². The molecule has 1 saturated heterocycles. The second-order valence-corrected chi connectivity index (χ2v) is 5.14. The fourth-order valence-corrected chi connectivity index (χ4v) is 2.31. The van der Waals surface area contributed by atoms with E-state index in [0.717, 1.165) is 12.8 Å². The van der Waals surface area contributed by atoms with Gasteiger partial charge in [-0.05, 0) is 25.7 Å². The van der Waals surface area contributed by atoms with Gasteiger partial charge in [0.1, 0.15) is 12.1 Å². The minimum Gasteiger partial charge on any atom is -0.382 e. The van der Waals surface area contributed by atoms with E-state index in [1.54, 1.807) is 18.9 Å². The highest BCUT2D eigenvalue weighted by Crippen LogP contribution is 2.34. The van der Waals surface area contributed by atoms with Gasteiger partial charge < -0.3 is 19.7 Å². The Hall–Kier alpha value is -1.14. The SMILES string of the molecule is COCCOCCN1C(=O)C(C2CC2)NC(=O)C1C. The number of piperazine rings is 1. The van der Waals surface area contributed by atoms with Crippen LogP contribution < -0.4 is 5.32 Å². The topological polar surface area (TPSA) is 67.9 Å². The van der Waals surface area contributed by atoms with Gasteiger partial charge in [-0.1, -0.05) is 0 Å². The molecule has 1 saturated carbocycles. The van der Waals surface area contributed by atoms with Crippen LogP contribution in [0.25, 0.3) is 0 Å². The van der Waals surface area contributed by atoms with Gasteiger partial charge in [0.05, 0.1) is 19.8 Å². The van der Waals surface area contributed by atoms with E-state index in [-0.39, 0.29) is 17.9 Å². The maximum Gasteiger partial charge on any atom is 0.246 e. The smallest absolute Gasteiger partial charge is 0.246 e. The van der Waals surface area contributed by atoms with Crippen LogP contribution in [0, 0.1) is 5.92 Å². The number of ether oxygens (including phenoxy) is 2. The average molecular weight is 270 g/mol. The molecule has 2 amide bonds. The first kappa shape index (κ1) is 14.3. The molecule has 2 fully saturated rings. The Bertz CT molecular complexity index is 344. The Labute approximate surface area is 113 Å². The number of carbonyl (C=O) groups excluding carboxylic acids is 2. The molecule has 6 heteroatoms. The molecular weight excluding hydrogens is 248 g/mol. The number of hydrogen-bond donors (Lipinski definition) is 1. The highest BCUT2D eigenvalue weighted by Gasteiger charge is 2.45. The molecule has 0 aromatic heterocycles. The van der Waals surface area contributed by atoms with Crippen molar-refractivity contribution in [2.24, 2.45) is 5.92 Å². The summed E-state index contributed by atoms with van der Waals surface area (Å²) < 4.78 is 10.2. The summed E-state index contributed by atoms with van der Waals surface area (Å²) in [4.78, 5) is 25.8. The Kier molecular flexibility index (Phi) is 4.76. The van der Waals surface area contributed by atoms with Crippen LogP contribution in [-0.2, 0) is 19.1 Å². The maximum atomic E-state index is 12.3. The lowest BCUT2D eigenvalue weighted by molar-refractivity contribution is -0.150. The third-order valence-electron chi connectivity index (χ3n) is 3.70. The van der Waals surface area contributed by atoms with Gasteiger partial charge in [0.15, 0.2) is 0 Å². The summed E-state index contributed by atoms with van der Waals surface area (Å²) in [5.74, 6) is 0.305. The zero-order chi connectivity index (χ0) is 13.8. The summed E-state index contributed by atoms with van der Waals surface area (Å²) in [5, 5.41) is 2.83. The van der Waals surface area contributed by atoms with Crippen LogP contribution in [0.2, 0.25) is 0 Å². The Morgan fingerprint density at radius 3 is 2.63 bits per heavy atom. The predicted molar refractivity (Wildman–Crippen MR) is 68.5 cm³/mol. The van der Waals surface area contributed by atoms with Crippen LogP contribution in [0.4, 0.5) is 0 Å². The quantitative estimate of drug-likeness (QED) is 0.649. The first-order valence-corrected chi connectivity index (χ1v) is 6.82. The van der Waals surface area contributed by atoms with E-state index in [1.165, 1.54) is 0 Å². The molecule has 0 radical (unpaired) electrons. The van der Waals surface area contributed by atoms with Crippen molar-refractivity contribution < 1.29 is 19.1 Å². The van der Waals surface area contributed by atoms with E-state index in [4.69, 9.17) is 9.47 Å². The molecule has 0 spiro atoms. The number of amides is 2. The number of rotatable bonds is 7. The van der Waals surface area contributed by atoms with Crippen LogP contribution >= 0.6 is 0 Å². The monoisotopic (exact) mass is 270 g/mol. The summed E-state index contributed by atoms with van der Waals surface area (Å²) in [6.07, 6.45) is 2.06. The van der Waals surface area contributed by atoms with Gasteiger partial charge in [0.25, 0.3) is 0 Å². The molecule has 108 valence electrons. The number of methoxy groups -OCH3 is 1. The summed E-state index contributed by atoms with van der Waals surface area (Å²) in [6, 6.07) is -0.726. The number of nitrogens with zero attached hydrogens (tertiary/aromatic N) is 1. The summed E-state index contributed by atoms with van der Waals surface area (Å²) in [5.41, 5.74) is 0. The highest BCUT2D eigenvalue weighted by atomic mass is 16.5. The van der Waals surface area contributed by atoms with E-state index >= 15 is 0 Å². The number of hydrogen-bond acceptors (Lipinski definition) is 4. The molecule has 2 unspecified atom stereocenters. The molecule has 0 aromatic carbocycles. The molecule has 6 nitrogen and oxygen atoms in total. The number of carbonyl (C=O) groups is 2.